The molecule has 306 valence electrons. The highest BCUT2D eigenvalue weighted by atomic mass is 28.4. The minimum absolute atomic E-state index is 0.0706. The lowest BCUT2D eigenvalue weighted by Crippen LogP contribution is -2.71. The first-order valence-corrected chi connectivity index (χ1v) is 22.7. The number of methoxy groups -OCH3 is 2. The number of hydrogen-bond donors (Lipinski definition) is 1. The smallest absolute Gasteiger partial charge is 0.192 e. The number of aliphatic hydroxyl groups is 1. The van der Waals surface area contributed by atoms with Gasteiger partial charge in [0.05, 0.1) is 63.4 Å². The van der Waals surface area contributed by atoms with Crippen LogP contribution in [0.3, 0.4) is 0 Å². The molecule has 3 aromatic carbocycles. The average Bonchev–Trinajstić information content (AvgIpc) is 3.17. The van der Waals surface area contributed by atoms with Gasteiger partial charge in [0.25, 0.3) is 0 Å². The second kappa shape index (κ2) is 18.6. The largest absolute Gasteiger partial charge is 0.497 e. The lowest BCUT2D eigenvalue weighted by atomic mass is 9.53. The molecule has 2 aliphatic rings. The summed E-state index contributed by atoms with van der Waals surface area (Å²) in [5, 5.41) is 12.2. The van der Waals surface area contributed by atoms with E-state index >= 15 is 4.79 Å². The molecule has 0 saturated heterocycles. The maximum absolute atomic E-state index is 16.0. The normalized spacial score (nSPS) is 27.0. The van der Waals surface area contributed by atoms with Gasteiger partial charge in [0.15, 0.2) is 14.1 Å². The summed E-state index contributed by atoms with van der Waals surface area (Å²) >= 11 is 0. The van der Waals surface area contributed by atoms with Crippen LogP contribution in [0.5, 0.6) is 5.75 Å². The molecule has 0 aromatic heterocycles. The zero-order valence-corrected chi connectivity index (χ0v) is 35.9. The molecule has 0 radical (unpaired) electrons. The number of fused-ring (bicyclic) bond motifs is 1. The summed E-state index contributed by atoms with van der Waals surface area (Å²) in [6.45, 7) is 20.2. The molecule has 56 heavy (non-hydrogen) atoms. The lowest BCUT2D eigenvalue weighted by Gasteiger charge is -2.58. The first kappa shape index (κ1) is 43.9. The van der Waals surface area contributed by atoms with Gasteiger partial charge in [-0.1, -0.05) is 120 Å². The highest BCUT2D eigenvalue weighted by Gasteiger charge is 2.66. The van der Waals surface area contributed by atoms with Crippen LogP contribution in [0.4, 0.5) is 0 Å². The number of hydrogen-bond acceptors (Lipinski definition) is 9. The van der Waals surface area contributed by atoms with E-state index in [9.17, 15) is 5.11 Å². The number of rotatable bonds is 16. The Bertz CT molecular complexity index is 1710. The molecule has 0 aliphatic heterocycles. The van der Waals surface area contributed by atoms with Crippen LogP contribution in [0.15, 0.2) is 97.1 Å². The predicted molar refractivity (Wildman–Crippen MR) is 221 cm³/mol. The molecule has 2 fully saturated rings. The van der Waals surface area contributed by atoms with E-state index in [1.807, 2.05) is 84.9 Å². The van der Waals surface area contributed by atoms with Crippen molar-refractivity contribution in [3.05, 3.63) is 114 Å². The van der Waals surface area contributed by atoms with Crippen molar-refractivity contribution in [2.45, 2.75) is 116 Å². The molecule has 7 atom stereocenters. The van der Waals surface area contributed by atoms with Crippen molar-refractivity contribution in [1.82, 2.24) is 0 Å². The van der Waals surface area contributed by atoms with Crippen molar-refractivity contribution < 1.29 is 42.7 Å². The first-order chi connectivity index (χ1) is 26.6. The van der Waals surface area contributed by atoms with Gasteiger partial charge in [-0.3, -0.25) is 4.79 Å². The Morgan fingerprint density at radius 3 is 1.91 bits per heavy atom. The lowest BCUT2D eigenvalue weighted by molar-refractivity contribution is -0.237. The summed E-state index contributed by atoms with van der Waals surface area (Å²) in [5.74, 6) is -0.255. The van der Waals surface area contributed by atoms with Crippen LogP contribution in [0.1, 0.15) is 64.2 Å². The van der Waals surface area contributed by atoms with Crippen molar-refractivity contribution >= 4 is 14.1 Å². The minimum Gasteiger partial charge on any atom is -0.497 e. The third-order valence-corrected chi connectivity index (χ3v) is 16.8. The molecule has 0 heterocycles. The van der Waals surface area contributed by atoms with Gasteiger partial charge >= 0.3 is 0 Å². The molecular weight excluding hydrogens is 725 g/mol. The third kappa shape index (κ3) is 9.56. The molecule has 2 saturated carbocycles. The summed E-state index contributed by atoms with van der Waals surface area (Å²) in [5.41, 5.74) is 1.18. The van der Waals surface area contributed by atoms with E-state index < -0.39 is 55.6 Å². The van der Waals surface area contributed by atoms with Gasteiger partial charge in [-0.15, -0.1) is 0 Å². The third-order valence-electron chi connectivity index (χ3n) is 12.3. The Morgan fingerprint density at radius 2 is 1.36 bits per heavy atom. The van der Waals surface area contributed by atoms with Gasteiger partial charge in [0, 0.05) is 18.4 Å². The number of carbonyl (C=O) groups is 1. The Kier molecular flexibility index (Phi) is 14.6. The quantitative estimate of drug-likeness (QED) is 0.0662. The van der Waals surface area contributed by atoms with Crippen LogP contribution in [0.2, 0.25) is 18.1 Å². The van der Waals surface area contributed by atoms with Crippen molar-refractivity contribution in [1.29, 1.82) is 0 Å². The first-order valence-electron chi connectivity index (χ1n) is 19.8. The van der Waals surface area contributed by atoms with E-state index in [-0.39, 0.29) is 44.0 Å². The van der Waals surface area contributed by atoms with Gasteiger partial charge in [0.1, 0.15) is 18.6 Å². The van der Waals surface area contributed by atoms with Gasteiger partial charge in [-0.05, 0) is 59.8 Å². The van der Waals surface area contributed by atoms with E-state index in [2.05, 4.69) is 54.3 Å². The van der Waals surface area contributed by atoms with Gasteiger partial charge in [-0.2, -0.15) is 0 Å². The fourth-order valence-electron chi connectivity index (χ4n) is 8.05. The Morgan fingerprint density at radius 1 is 0.804 bits per heavy atom. The number of carbonyl (C=O) groups excluding carboxylic acids is 1. The van der Waals surface area contributed by atoms with E-state index in [0.29, 0.717) is 12.8 Å². The van der Waals surface area contributed by atoms with Crippen LogP contribution >= 0.6 is 0 Å². The van der Waals surface area contributed by atoms with E-state index in [4.69, 9.17) is 32.8 Å². The monoisotopic (exact) mass is 788 g/mol. The van der Waals surface area contributed by atoms with Crippen molar-refractivity contribution in [2.75, 3.05) is 27.6 Å². The summed E-state index contributed by atoms with van der Waals surface area (Å²) < 4.78 is 45.7. The Hall–Kier alpha value is -3.19. The molecule has 9 nitrogen and oxygen atoms in total. The van der Waals surface area contributed by atoms with E-state index in [1.165, 1.54) is 7.11 Å². The minimum atomic E-state index is -2.62. The Labute approximate surface area is 335 Å². The van der Waals surface area contributed by atoms with Crippen LogP contribution < -0.4 is 4.74 Å². The fraction of sp³-hybridized carbons (Fsp3) is 0.543. The maximum Gasteiger partial charge on any atom is 0.192 e. The van der Waals surface area contributed by atoms with Crippen molar-refractivity contribution in [3.63, 3.8) is 0 Å². The molecule has 0 unspecified atom stereocenters. The van der Waals surface area contributed by atoms with Crippen molar-refractivity contribution in [2.24, 2.45) is 16.7 Å². The molecule has 0 amide bonds. The van der Waals surface area contributed by atoms with Crippen LogP contribution in [0, 0.1) is 16.7 Å². The summed E-state index contributed by atoms with van der Waals surface area (Å²) in [6.07, 6.45) is -3.66. The number of benzene rings is 3. The van der Waals surface area contributed by atoms with Gasteiger partial charge in [-0.25, -0.2) is 0 Å². The number of aliphatic hydroxyl groups excluding tert-OH is 1. The van der Waals surface area contributed by atoms with Gasteiger partial charge in [0.2, 0.25) is 0 Å². The second-order valence-electron chi connectivity index (χ2n) is 17.5. The summed E-state index contributed by atoms with van der Waals surface area (Å²) in [7, 11) is 0.560. The fourth-order valence-corrected chi connectivity index (χ4v) is 9.47. The Balaban J connectivity index is 1.76. The molecule has 1 N–H and O–H groups in total. The molecular formula is C46H64O9Si. The molecule has 2 aliphatic carbocycles. The van der Waals surface area contributed by atoms with E-state index in [1.54, 1.807) is 7.11 Å². The summed E-state index contributed by atoms with van der Waals surface area (Å²) in [4.78, 5) is 16.0. The maximum atomic E-state index is 16.0. The highest BCUT2D eigenvalue weighted by molar-refractivity contribution is 6.74. The number of ether oxygens (including phenoxy) is 6. The van der Waals surface area contributed by atoms with Crippen LogP contribution in [0.25, 0.3) is 0 Å². The topological polar surface area (TPSA) is 102 Å². The van der Waals surface area contributed by atoms with Crippen LogP contribution in [-0.4, -0.2) is 77.3 Å². The molecule has 0 spiro atoms. The molecule has 5 rings (SSSR count). The second-order valence-corrected chi connectivity index (χ2v) is 22.3. The predicted octanol–water partition coefficient (Wildman–Crippen LogP) is 8.68. The zero-order valence-electron chi connectivity index (χ0n) is 34.9. The molecule has 10 heteroatoms. The summed E-state index contributed by atoms with van der Waals surface area (Å²) in [6, 6.07) is 27.6. The SMILES string of the molecule is C=C1CC[C@H](O)[C@@]2(COCOC)C(=O)[C@H](OCc3ccccc3)[C@H](O[Si](C)(C)C(C)(C)C)C(C)(C)[C@@H](OCc3ccc(OC)cc3)[C@@H](OCc3ccccc3)[C@H]12. The standard InChI is InChI=1S/C46H64O9Si/c1-32-21-26-37(47)46(30-51-31-49-7)38(32)39(52-27-33-17-13-11-14-18-33)42(54-29-35-22-24-36(50-8)25-23-35)45(5,6)43(55-56(9,10)44(2,3)4)40(41(46)48)53-28-34-19-15-12-16-20-34/h11-20,22-25,37-40,42-43,47H,1,21,26-31H2,2-10H3/t37-,38-,39-,40-,42-,43-,46+/m0/s1. The van der Waals surface area contributed by atoms with Crippen molar-refractivity contribution in [3.8, 4) is 5.75 Å². The van der Waals surface area contributed by atoms with Gasteiger partial charge < -0.3 is 38.0 Å². The zero-order chi connectivity index (χ0) is 40.7. The van der Waals surface area contributed by atoms with E-state index in [0.717, 1.165) is 28.0 Å². The highest BCUT2D eigenvalue weighted by Crippen LogP contribution is 2.55. The number of ketones is 1. The van der Waals surface area contributed by atoms with Crippen LogP contribution in [-0.2, 0) is 52.7 Å². The number of Topliss-reactive ketones (excluding diaryl/α,β-unsaturated/α-hetero) is 1. The molecule has 0 bridgehead atoms. The molecule has 3 aromatic rings. The average molecular weight is 789 g/mol.